The summed E-state index contributed by atoms with van der Waals surface area (Å²) in [7, 11) is 0. The number of amides is 2. The molecule has 3 aromatic carbocycles. The number of nitrogens with zero attached hydrogens (tertiary/aromatic N) is 1. The van der Waals surface area contributed by atoms with Gasteiger partial charge < -0.3 is 15.0 Å². The molecule has 1 unspecified atom stereocenters. The Morgan fingerprint density at radius 1 is 0.949 bits per heavy atom. The fraction of sp³-hybridized carbons (Fsp3) is 0.375. The molecule has 1 aliphatic rings. The summed E-state index contributed by atoms with van der Waals surface area (Å²) in [5, 5.41) is 4.13. The Labute approximate surface area is 241 Å². The quantitative estimate of drug-likeness (QED) is 0.285. The van der Waals surface area contributed by atoms with Gasteiger partial charge in [0.05, 0.1) is 0 Å². The summed E-state index contributed by atoms with van der Waals surface area (Å²) in [6.45, 7) is 3.83. The van der Waals surface area contributed by atoms with Crippen molar-refractivity contribution in [3.05, 3.63) is 99.0 Å². The normalized spacial score (nSPS) is 14.5. The van der Waals surface area contributed by atoms with Gasteiger partial charge in [0.15, 0.2) is 6.61 Å². The standard InChI is InChI=1S/C32H36Cl2N2O3/c1-22-16-17-30(23(2)18-22)39-21-31(37)36(20-26-27(33)14-9-15-28(26)34)29(19-24-10-5-3-6-11-24)32(38)35-25-12-7-4-8-13-25/h3,5-6,9-11,14-18,25,29H,4,7-8,12-13,19-21H2,1-2H3,(H,35,38). The Bertz CT molecular complexity index is 1260. The van der Waals surface area contributed by atoms with Crippen molar-refractivity contribution in [1.82, 2.24) is 10.2 Å². The topological polar surface area (TPSA) is 58.6 Å². The maximum Gasteiger partial charge on any atom is 0.261 e. The van der Waals surface area contributed by atoms with E-state index < -0.39 is 6.04 Å². The van der Waals surface area contributed by atoms with E-state index in [0.29, 0.717) is 27.8 Å². The van der Waals surface area contributed by atoms with Crippen LogP contribution in [0.5, 0.6) is 5.75 Å². The number of carbonyl (C=O) groups excluding carboxylic acids is 2. The van der Waals surface area contributed by atoms with Gasteiger partial charge in [-0.3, -0.25) is 9.59 Å². The number of benzene rings is 3. The second-order valence-electron chi connectivity index (χ2n) is 10.3. The fourth-order valence-electron chi connectivity index (χ4n) is 5.14. The van der Waals surface area contributed by atoms with Gasteiger partial charge in [-0.25, -0.2) is 0 Å². The second-order valence-corrected chi connectivity index (χ2v) is 11.1. The molecule has 1 fully saturated rings. The fourth-order valence-corrected chi connectivity index (χ4v) is 5.65. The molecule has 0 aliphatic heterocycles. The molecule has 0 saturated heterocycles. The first-order chi connectivity index (χ1) is 18.8. The maximum absolute atomic E-state index is 13.9. The predicted octanol–water partition coefficient (Wildman–Crippen LogP) is 7.08. The molecule has 1 aliphatic carbocycles. The van der Waals surface area contributed by atoms with E-state index in [0.717, 1.165) is 42.4 Å². The van der Waals surface area contributed by atoms with Gasteiger partial charge in [-0.1, -0.05) is 96.6 Å². The maximum atomic E-state index is 13.9. The number of rotatable bonds is 10. The van der Waals surface area contributed by atoms with E-state index in [4.69, 9.17) is 27.9 Å². The Morgan fingerprint density at radius 3 is 2.31 bits per heavy atom. The molecule has 0 radical (unpaired) electrons. The number of hydrogen-bond acceptors (Lipinski definition) is 3. The molecule has 1 N–H and O–H groups in total. The molecular formula is C32H36Cl2N2O3. The van der Waals surface area contributed by atoms with Crippen molar-refractivity contribution < 1.29 is 14.3 Å². The van der Waals surface area contributed by atoms with Gasteiger partial charge in [0.2, 0.25) is 5.91 Å². The largest absolute Gasteiger partial charge is 0.483 e. The molecule has 1 atom stereocenters. The number of ether oxygens (including phenoxy) is 1. The average molecular weight is 568 g/mol. The van der Waals surface area contributed by atoms with Gasteiger partial charge in [0.25, 0.3) is 5.91 Å². The van der Waals surface area contributed by atoms with Crippen LogP contribution in [0.2, 0.25) is 10.0 Å². The van der Waals surface area contributed by atoms with Crippen LogP contribution in [-0.4, -0.2) is 35.4 Å². The predicted molar refractivity (Wildman–Crippen MR) is 157 cm³/mol. The van der Waals surface area contributed by atoms with Crippen LogP contribution >= 0.6 is 23.2 Å². The molecule has 39 heavy (non-hydrogen) atoms. The van der Waals surface area contributed by atoms with Gasteiger partial charge in [-0.2, -0.15) is 0 Å². The second kappa shape index (κ2) is 13.9. The summed E-state index contributed by atoms with van der Waals surface area (Å²) < 4.78 is 5.97. The van der Waals surface area contributed by atoms with Crippen LogP contribution in [0.4, 0.5) is 0 Å². The van der Waals surface area contributed by atoms with Gasteiger partial charge in [-0.15, -0.1) is 0 Å². The lowest BCUT2D eigenvalue weighted by atomic mass is 9.94. The first-order valence-corrected chi connectivity index (χ1v) is 14.3. The molecular weight excluding hydrogens is 531 g/mol. The molecule has 0 aromatic heterocycles. The molecule has 0 heterocycles. The molecule has 0 spiro atoms. The number of hydrogen-bond donors (Lipinski definition) is 1. The zero-order valence-electron chi connectivity index (χ0n) is 22.6. The zero-order chi connectivity index (χ0) is 27.8. The third-order valence-electron chi connectivity index (χ3n) is 7.29. The lowest BCUT2D eigenvalue weighted by Crippen LogP contribution is -2.53. The molecule has 3 aromatic rings. The van der Waals surface area contributed by atoms with Crippen LogP contribution in [0.1, 0.15) is 54.4 Å². The summed E-state index contributed by atoms with van der Waals surface area (Å²) in [4.78, 5) is 29.3. The van der Waals surface area contributed by atoms with Crippen molar-refractivity contribution in [3.63, 3.8) is 0 Å². The molecule has 206 valence electrons. The van der Waals surface area contributed by atoms with Crippen LogP contribution in [0.15, 0.2) is 66.7 Å². The molecule has 0 bridgehead atoms. The SMILES string of the molecule is Cc1ccc(OCC(=O)N(Cc2c(Cl)cccc2Cl)C(Cc2ccccc2)C(=O)NC2CCCCC2)c(C)c1. The highest BCUT2D eigenvalue weighted by molar-refractivity contribution is 6.36. The Morgan fingerprint density at radius 2 is 1.64 bits per heavy atom. The smallest absolute Gasteiger partial charge is 0.261 e. The number of halogens is 2. The van der Waals surface area contributed by atoms with Crippen LogP contribution < -0.4 is 10.1 Å². The minimum atomic E-state index is -0.767. The van der Waals surface area contributed by atoms with Gasteiger partial charge in [-0.05, 0) is 56.0 Å². The highest BCUT2D eigenvalue weighted by Gasteiger charge is 2.33. The van der Waals surface area contributed by atoms with Crippen molar-refractivity contribution in [3.8, 4) is 5.75 Å². The zero-order valence-corrected chi connectivity index (χ0v) is 24.1. The first-order valence-electron chi connectivity index (χ1n) is 13.6. The highest BCUT2D eigenvalue weighted by atomic mass is 35.5. The van der Waals surface area contributed by atoms with Crippen molar-refractivity contribution in [2.45, 2.75) is 71.0 Å². The van der Waals surface area contributed by atoms with E-state index in [9.17, 15) is 9.59 Å². The van der Waals surface area contributed by atoms with Crippen LogP contribution in [0.3, 0.4) is 0 Å². The van der Waals surface area contributed by atoms with Crippen molar-refractivity contribution in [2.75, 3.05) is 6.61 Å². The van der Waals surface area contributed by atoms with E-state index in [1.807, 2.05) is 62.4 Å². The van der Waals surface area contributed by atoms with E-state index in [1.165, 1.54) is 6.42 Å². The summed E-state index contributed by atoms with van der Waals surface area (Å²) in [6.07, 6.45) is 5.63. The first kappa shape index (κ1) is 29.0. The monoisotopic (exact) mass is 566 g/mol. The van der Waals surface area contributed by atoms with Crippen molar-refractivity contribution in [1.29, 1.82) is 0 Å². The van der Waals surface area contributed by atoms with Gasteiger partial charge in [0, 0.05) is 34.6 Å². The van der Waals surface area contributed by atoms with E-state index >= 15 is 0 Å². The van der Waals surface area contributed by atoms with Crippen molar-refractivity contribution >= 4 is 35.0 Å². The molecule has 5 nitrogen and oxygen atoms in total. The third kappa shape index (κ3) is 8.00. The van der Waals surface area contributed by atoms with Crippen LogP contribution in [0.25, 0.3) is 0 Å². The third-order valence-corrected chi connectivity index (χ3v) is 8.00. The average Bonchev–Trinajstić information content (AvgIpc) is 2.92. The lowest BCUT2D eigenvalue weighted by molar-refractivity contribution is -0.143. The van der Waals surface area contributed by atoms with E-state index in [-0.39, 0.29) is 31.0 Å². The van der Waals surface area contributed by atoms with Crippen LogP contribution in [-0.2, 0) is 22.6 Å². The molecule has 7 heteroatoms. The van der Waals surface area contributed by atoms with Crippen LogP contribution in [0, 0.1) is 13.8 Å². The van der Waals surface area contributed by atoms with Gasteiger partial charge in [0.1, 0.15) is 11.8 Å². The number of nitrogens with one attached hydrogen (secondary N) is 1. The Kier molecular flexibility index (Phi) is 10.3. The number of carbonyl (C=O) groups is 2. The summed E-state index contributed by atoms with van der Waals surface area (Å²) >= 11 is 13.1. The van der Waals surface area contributed by atoms with E-state index in [2.05, 4.69) is 5.32 Å². The van der Waals surface area contributed by atoms with Gasteiger partial charge >= 0.3 is 0 Å². The highest BCUT2D eigenvalue weighted by Crippen LogP contribution is 2.28. The van der Waals surface area contributed by atoms with Crippen molar-refractivity contribution in [2.24, 2.45) is 0 Å². The Balaban J connectivity index is 1.65. The minimum Gasteiger partial charge on any atom is -0.483 e. The minimum absolute atomic E-state index is 0.0865. The van der Waals surface area contributed by atoms with E-state index in [1.54, 1.807) is 23.1 Å². The Hall–Kier alpha value is -3.02. The molecule has 4 rings (SSSR count). The summed E-state index contributed by atoms with van der Waals surface area (Å²) in [6, 6.07) is 20.2. The lowest BCUT2D eigenvalue weighted by Gasteiger charge is -2.33. The number of aryl methyl sites for hydroxylation is 2. The summed E-state index contributed by atoms with van der Waals surface area (Å²) in [5.41, 5.74) is 3.62. The molecule has 1 saturated carbocycles. The molecule has 2 amide bonds. The summed E-state index contributed by atoms with van der Waals surface area (Å²) in [5.74, 6) is 0.149.